The summed E-state index contributed by atoms with van der Waals surface area (Å²) in [6.07, 6.45) is 4.80. The van der Waals surface area contributed by atoms with E-state index in [1.54, 1.807) is 12.3 Å². The van der Waals surface area contributed by atoms with Gasteiger partial charge in [-0.3, -0.25) is 9.59 Å². The summed E-state index contributed by atoms with van der Waals surface area (Å²) in [5.41, 5.74) is 7.78. The molecular formula is C17H23Cl2N5O2. The average molecular weight is 400 g/mol. The summed E-state index contributed by atoms with van der Waals surface area (Å²) in [6.45, 7) is -0.244. The number of carbonyl (C=O) groups excluding carboxylic acids is 2. The molecule has 0 saturated heterocycles. The number of aromatic nitrogens is 2. The van der Waals surface area contributed by atoms with E-state index in [0.717, 1.165) is 19.3 Å². The van der Waals surface area contributed by atoms with Gasteiger partial charge in [0, 0.05) is 6.07 Å². The van der Waals surface area contributed by atoms with Gasteiger partial charge in [-0.1, -0.05) is 24.3 Å². The fourth-order valence-corrected chi connectivity index (χ4v) is 3.08. The molecule has 142 valence electrons. The highest BCUT2D eigenvalue weighted by atomic mass is 35.5. The van der Waals surface area contributed by atoms with E-state index in [4.69, 9.17) is 5.73 Å². The highest BCUT2D eigenvalue weighted by molar-refractivity contribution is 5.94. The Morgan fingerprint density at radius 3 is 2.73 bits per heavy atom. The third-order valence-electron chi connectivity index (χ3n) is 4.20. The Bertz CT molecular complexity index is 750. The molecule has 1 aliphatic rings. The lowest BCUT2D eigenvalue weighted by atomic mass is 9.88. The molecule has 3 rings (SSSR count). The fraction of sp³-hybridized carbons (Fsp3) is 0.353. The fourth-order valence-electron chi connectivity index (χ4n) is 3.08. The molecule has 9 heteroatoms. The van der Waals surface area contributed by atoms with Gasteiger partial charge in [-0.15, -0.1) is 24.8 Å². The van der Waals surface area contributed by atoms with Gasteiger partial charge < -0.3 is 16.4 Å². The molecule has 0 spiro atoms. The summed E-state index contributed by atoms with van der Waals surface area (Å²) < 4.78 is 1.85. The van der Waals surface area contributed by atoms with Crippen LogP contribution < -0.4 is 16.4 Å². The van der Waals surface area contributed by atoms with Crippen LogP contribution in [0.25, 0.3) is 0 Å². The molecule has 1 aromatic carbocycles. The number of nitrogens with one attached hydrogen (secondary N) is 2. The first kappa shape index (κ1) is 22.0. The Labute approximate surface area is 164 Å². The molecule has 0 bridgehead atoms. The molecule has 7 nitrogen and oxygen atoms in total. The maximum Gasteiger partial charge on any atom is 0.244 e. The molecule has 0 aliphatic heterocycles. The van der Waals surface area contributed by atoms with Gasteiger partial charge in [-0.2, -0.15) is 5.10 Å². The maximum absolute atomic E-state index is 12.0. The second-order valence-electron chi connectivity index (χ2n) is 5.80. The first-order valence-electron chi connectivity index (χ1n) is 8.07. The Morgan fingerprint density at radius 1 is 1.19 bits per heavy atom. The molecular weight excluding hydrogens is 377 g/mol. The lowest BCUT2D eigenvalue weighted by molar-refractivity contribution is -0.123. The van der Waals surface area contributed by atoms with Gasteiger partial charge in [-0.25, -0.2) is 4.68 Å². The number of hydrogen-bond donors (Lipinski definition) is 3. The van der Waals surface area contributed by atoms with Gasteiger partial charge in [0.2, 0.25) is 11.8 Å². The van der Waals surface area contributed by atoms with Crippen molar-refractivity contribution in [2.75, 3.05) is 18.4 Å². The molecule has 1 unspecified atom stereocenters. The van der Waals surface area contributed by atoms with Crippen molar-refractivity contribution >= 4 is 42.4 Å². The van der Waals surface area contributed by atoms with E-state index >= 15 is 0 Å². The van der Waals surface area contributed by atoms with Gasteiger partial charge in [0.1, 0.15) is 5.82 Å². The smallest absolute Gasteiger partial charge is 0.244 e. The monoisotopic (exact) mass is 399 g/mol. The van der Waals surface area contributed by atoms with Crippen molar-refractivity contribution in [1.29, 1.82) is 0 Å². The summed E-state index contributed by atoms with van der Waals surface area (Å²) >= 11 is 0. The van der Waals surface area contributed by atoms with E-state index < -0.39 is 0 Å². The van der Waals surface area contributed by atoms with Gasteiger partial charge in [0.05, 0.1) is 25.3 Å². The largest absolute Gasteiger partial charge is 0.346 e. The zero-order valence-corrected chi connectivity index (χ0v) is 15.8. The van der Waals surface area contributed by atoms with E-state index in [0.29, 0.717) is 5.82 Å². The number of fused-ring (bicyclic) bond motifs is 1. The van der Waals surface area contributed by atoms with Crippen molar-refractivity contribution in [3.63, 3.8) is 0 Å². The molecule has 1 atom stereocenters. The van der Waals surface area contributed by atoms with E-state index in [2.05, 4.69) is 27.9 Å². The van der Waals surface area contributed by atoms with Crippen LogP contribution >= 0.6 is 24.8 Å². The van der Waals surface area contributed by atoms with Crippen LogP contribution in [0.5, 0.6) is 0 Å². The van der Waals surface area contributed by atoms with Crippen molar-refractivity contribution < 1.29 is 9.59 Å². The summed E-state index contributed by atoms with van der Waals surface area (Å²) in [7, 11) is 0. The van der Waals surface area contributed by atoms with Crippen molar-refractivity contribution in [2.45, 2.75) is 25.3 Å². The first-order valence-corrected chi connectivity index (χ1v) is 8.07. The normalized spacial score (nSPS) is 15.0. The van der Waals surface area contributed by atoms with Crippen molar-refractivity contribution in [3.8, 4) is 0 Å². The number of amides is 2. The second kappa shape index (κ2) is 10.2. The highest BCUT2D eigenvalue weighted by Crippen LogP contribution is 2.34. The maximum atomic E-state index is 12.0. The Kier molecular flexibility index (Phi) is 8.57. The van der Waals surface area contributed by atoms with Gasteiger partial charge in [0.25, 0.3) is 0 Å². The zero-order valence-electron chi connectivity index (χ0n) is 14.2. The number of aryl methyl sites for hydroxylation is 1. The summed E-state index contributed by atoms with van der Waals surface area (Å²) in [6, 6.07) is 10.2. The Morgan fingerprint density at radius 2 is 1.96 bits per heavy atom. The summed E-state index contributed by atoms with van der Waals surface area (Å²) in [4.78, 5) is 23.1. The van der Waals surface area contributed by atoms with Crippen LogP contribution in [-0.4, -0.2) is 34.7 Å². The van der Waals surface area contributed by atoms with Gasteiger partial charge in [0.15, 0.2) is 0 Å². The number of nitrogens with two attached hydrogens (primary N) is 1. The van der Waals surface area contributed by atoms with Crippen molar-refractivity contribution in [1.82, 2.24) is 15.1 Å². The number of rotatable bonds is 5. The first-order chi connectivity index (χ1) is 11.7. The molecule has 4 N–H and O–H groups in total. The molecule has 26 heavy (non-hydrogen) atoms. The molecule has 1 aliphatic carbocycles. The predicted octanol–water partition coefficient (Wildman–Crippen LogP) is 1.67. The van der Waals surface area contributed by atoms with Crippen LogP contribution in [0.3, 0.4) is 0 Å². The van der Waals surface area contributed by atoms with Gasteiger partial charge in [-0.05, 0) is 30.4 Å². The molecule has 1 aromatic heterocycles. The van der Waals surface area contributed by atoms with Crippen LogP contribution in [0.1, 0.15) is 30.0 Å². The van der Waals surface area contributed by atoms with Gasteiger partial charge >= 0.3 is 0 Å². The lowest BCUT2D eigenvalue weighted by Crippen LogP contribution is -2.37. The average Bonchev–Trinajstić information content (AvgIpc) is 3.07. The van der Waals surface area contributed by atoms with Crippen LogP contribution in [0, 0.1) is 0 Å². The molecule has 0 saturated carbocycles. The standard InChI is InChI=1S/C17H21N5O2.2ClH/c18-10-16(23)19-11-17(24)21-15-8-9-20-22(15)14-7-3-5-12-4-1-2-6-13(12)14;;/h1-2,4,6,8-9,14H,3,5,7,10-11,18H2,(H,19,23)(H,21,24);2*1H. The number of nitrogens with zero attached hydrogens (tertiary/aromatic N) is 2. The minimum atomic E-state index is -0.361. The third kappa shape index (κ3) is 4.97. The number of halogens is 2. The number of benzene rings is 1. The molecule has 2 aromatic rings. The molecule has 0 radical (unpaired) electrons. The predicted molar refractivity (Wildman–Crippen MR) is 105 cm³/mol. The van der Waals surface area contributed by atoms with Crippen LogP contribution in [0.4, 0.5) is 5.82 Å². The summed E-state index contributed by atoms with van der Waals surface area (Å²) in [5, 5.41) is 9.66. The van der Waals surface area contributed by atoms with E-state index in [1.165, 1.54) is 11.1 Å². The highest BCUT2D eigenvalue weighted by Gasteiger charge is 2.24. The Hall–Kier alpha value is -2.09. The van der Waals surface area contributed by atoms with Crippen LogP contribution in [0.2, 0.25) is 0 Å². The van der Waals surface area contributed by atoms with E-state index in [1.807, 2.05) is 16.8 Å². The lowest BCUT2D eigenvalue weighted by Gasteiger charge is -2.27. The van der Waals surface area contributed by atoms with Crippen LogP contribution in [-0.2, 0) is 16.0 Å². The minimum absolute atomic E-state index is 0. The van der Waals surface area contributed by atoms with Crippen molar-refractivity contribution in [2.24, 2.45) is 5.73 Å². The van der Waals surface area contributed by atoms with Crippen molar-refractivity contribution in [3.05, 3.63) is 47.7 Å². The van der Waals surface area contributed by atoms with Crippen LogP contribution in [0.15, 0.2) is 36.5 Å². The number of anilines is 1. The quantitative estimate of drug-likeness (QED) is 0.711. The zero-order chi connectivity index (χ0) is 16.9. The van der Waals surface area contributed by atoms with E-state index in [-0.39, 0.29) is 55.8 Å². The number of carbonyl (C=O) groups is 2. The SMILES string of the molecule is Cl.Cl.NCC(=O)NCC(=O)Nc1ccnn1C1CCCc2ccccc21. The third-order valence-corrected chi connectivity index (χ3v) is 4.20. The molecule has 1 heterocycles. The topological polar surface area (TPSA) is 102 Å². The Balaban J connectivity index is 0.00000169. The summed E-state index contributed by atoms with van der Waals surface area (Å²) in [5.74, 6) is -0.0359. The minimum Gasteiger partial charge on any atom is -0.346 e. The van der Waals surface area contributed by atoms with E-state index in [9.17, 15) is 9.59 Å². The second-order valence-corrected chi connectivity index (χ2v) is 5.80. The molecule has 0 fully saturated rings. The molecule has 2 amide bonds. The number of hydrogen-bond acceptors (Lipinski definition) is 4.